The highest BCUT2D eigenvalue weighted by molar-refractivity contribution is 5.85. The van der Waals surface area contributed by atoms with Crippen LogP contribution < -0.4 is 0 Å². The minimum Gasteiger partial charge on any atom is -0.478 e. The molecule has 0 saturated carbocycles. The lowest BCUT2D eigenvalue weighted by Crippen LogP contribution is -2.30. The van der Waals surface area contributed by atoms with Crippen LogP contribution in [0.2, 0.25) is 0 Å². The van der Waals surface area contributed by atoms with E-state index in [0.717, 1.165) is 6.54 Å². The predicted molar refractivity (Wildman–Crippen MR) is 53.8 cm³/mol. The van der Waals surface area contributed by atoms with Crippen LogP contribution in [0.4, 0.5) is 0 Å². The number of hydrogen-bond acceptors (Lipinski definition) is 2. The highest BCUT2D eigenvalue weighted by Crippen LogP contribution is 1.99. The fourth-order valence-corrected chi connectivity index (χ4v) is 1.05. The van der Waals surface area contributed by atoms with Gasteiger partial charge in [0.05, 0.1) is 0 Å². The zero-order chi connectivity index (χ0) is 10.4. The fraction of sp³-hybridized carbons (Fsp3) is 0.700. The van der Waals surface area contributed by atoms with Gasteiger partial charge in [-0.05, 0) is 27.3 Å². The van der Waals surface area contributed by atoms with Gasteiger partial charge in [-0.3, -0.25) is 4.90 Å². The first kappa shape index (κ1) is 12.2. The lowest BCUT2D eigenvalue weighted by molar-refractivity contribution is -0.132. The first-order chi connectivity index (χ1) is 5.99. The van der Waals surface area contributed by atoms with Gasteiger partial charge in [0, 0.05) is 18.2 Å². The monoisotopic (exact) mass is 185 g/mol. The lowest BCUT2D eigenvalue weighted by atomic mass is 10.2. The number of hydrogen-bond donors (Lipinski definition) is 1. The number of likely N-dealkylation sites (N-methyl/N-ethyl adjacent to an activating group) is 1. The van der Waals surface area contributed by atoms with Crippen LogP contribution in [0.25, 0.3) is 0 Å². The van der Waals surface area contributed by atoms with Crippen molar-refractivity contribution in [1.82, 2.24) is 4.90 Å². The van der Waals surface area contributed by atoms with Crippen molar-refractivity contribution in [2.45, 2.75) is 33.7 Å². The third kappa shape index (κ3) is 4.68. The predicted octanol–water partition coefficient (Wildman–Crippen LogP) is 1.75. The summed E-state index contributed by atoms with van der Waals surface area (Å²) in [5.41, 5.74) is 0.416. The Morgan fingerprint density at radius 3 is 2.38 bits per heavy atom. The quantitative estimate of drug-likeness (QED) is 0.663. The van der Waals surface area contributed by atoms with Crippen LogP contribution in [0.3, 0.4) is 0 Å². The van der Waals surface area contributed by atoms with Gasteiger partial charge in [0.2, 0.25) is 0 Å². The Morgan fingerprint density at radius 1 is 1.54 bits per heavy atom. The molecule has 0 radical (unpaired) electrons. The first-order valence-corrected chi connectivity index (χ1v) is 4.63. The van der Waals surface area contributed by atoms with Gasteiger partial charge in [-0.2, -0.15) is 0 Å². The van der Waals surface area contributed by atoms with Crippen molar-refractivity contribution in [2.24, 2.45) is 0 Å². The van der Waals surface area contributed by atoms with E-state index in [2.05, 4.69) is 25.7 Å². The number of carboxylic acid groups (broad SMARTS) is 1. The molecule has 0 aromatic heterocycles. The molecule has 0 aliphatic heterocycles. The summed E-state index contributed by atoms with van der Waals surface area (Å²) in [7, 11) is 0. The largest absolute Gasteiger partial charge is 0.478 e. The normalized spacial score (nSPS) is 12.6. The molecule has 0 aromatic carbocycles. The van der Waals surface area contributed by atoms with Gasteiger partial charge in [0.25, 0.3) is 0 Å². The third-order valence-electron chi connectivity index (χ3n) is 2.11. The second-order valence-corrected chi connectivity index (χ2v) is 3.37. The molecule has 0 unspecified atom stereocenters. The molecule has 3 nitrogen and oxygen atoms in total. The maximum Gasteiger partial charge on any atom is 0.330 e. The average molecular weight is 185 g/mol. The van der Waals surface area contributed by atoms with E-state index in [1.54, 1.807) is 13.0 Å². The van der Waals surface area contributed by atoms with Crippen molar-refractivity contribution in [1.29, 1.82) is 0 Å². The number of aliphatic carboxylic acids is 1. The summed E-state index contributed by atoms with van der Waals surface area (Å²) in [5, 5.41) is 8.62. The average Bonchev–Trinajstić information content (AvgIpc) is 2.04. The molecule has 0 amide bonds. The summed E-state index contributed by atoms with van der Waals surface area (Å²) < 4.78 is 0. The second kappa shape index (κ2) is 5.75. The highest BCUT2D eigenvalue weighted by atomic mass is 16.4. The topological polar surface area (TPSA) is 40.5 Å². The van der Waals surface area contributed by atoms with Gasteiger partial charge in [0.1, 0.15) is 0 Å². The van der Waals surface area contributed by atoms with E-state index in [9.17, 15) is 4.79 Å². The Labute approximate surface area is 80.0 Å². The van der Waals surface area contributed by atoms with Crippen LogP contribution in [0.5, 0.6) is 0 Å². The van der Waals surface area contributed by atoms with Crippen LogP contribution >= 0.6 is 0 Å². The van der Waals surface area contributed by atoms with Crippen molar-refractivity contribution in [3.63, 3.8) is 0 Å². The Hall–Kier alpha value is -0.830. The summed E-state index contributed by atoms with van der Waals surface area (Å²) in [5.74, 6) is -0.834. The van der Waals surface area contributed by atoms with Crippen molar-refractivity contribution in [2.75, 3.05) is 13.1 Å². The lowest BCUT2D eigenvalue weighted by Gasteiger charge is -2.22. The standard InChI is InChI=1S/C10H19NO2/c1-5-11(8(2)3)7-6-9(4)10(12)13/h6,8H,5,7H2,1-4H3,(H,12,13). The SMILES string of the molecule is CCN(CC=C(C)C(=O)O)C(C)C. The number of nitrogens with zero attached hydrogens (tertiary/aromatic N) is 1. The van der Waals surface area contributed by atoms with Crippen LogP contribution in [-0.4, -0.2) is 35.1 Å². The third-order valence-corrected chi connectivity index (χ3v) is 2.11. The second-order valence-electron chi connectivity index (χ2n) is 3.37. The van der Waals surface area contributed by atoms with Crippen molar-refractivity contribution in [3.05, 3.63) is 11.6 Å². The minimum absolute atomic E-state index is 0.416. The van der Waals surface area contributed by atoms with Gasteiger partial charge in [-0.25, -0.2) is 4.79 Å². The Kier molecular flexibility index (Phi) is 5.39. The number of carbonyl (C=O) groups is 1. The zero-order valence-corrected chi connectivity index (χ0v) is 8.87. The van der Waals surface area contributed by atoms with Gasteiger partial charge in [-0.15, -0.1) is 0 Å². The maximum atomic E-state index is 10.5. The van der Waals surface area contributed by atoms with Gasteiger partial charge < -0.3 is 5.11 Å². The van der Waals surface area contributed by atoms with E-state index >= 15 is 0 Å². The molecule has 0 rings (SSSR count). The fourth-order valence-electron chi connectivity index (χ4n) is 1.05. The zero-order valence-electron chi connectivity index (χ0n) is 8.87. The van der Waals surface area contributed by atoms with Gasteiger partial charge in [-0.1, -0.05) is 13.0 Å². The molecule has 1 N–H and O–H groups in total. The van der Waals surface area contributed by atoms with E-state index < -0.39 is 5.97 Å². The molecule has 0 bridgehead atoms. The smallest absolute Gasteiger partial charge is 0.330 e. The van der Waals surface area contributed by atoms with Crippen LogP contribution in [0, 0.1) is 0 Å². The van der Waals surface area contributed by atoms with Crippen LogP contribution in [-0.2, 0) is 4.79 Å². The molecule has 0 saturated heterocycles. The molecule has 0 aromatic rings. The Morgan fingerprint density at radius 2 is 2.08 bits per heavy atom. The summed E-state index contributed by atoms with van der Waals surface area (Å²) in [6.07, 6.45) is 1.76. The molecule has 0 fully saturated rings. The summed E-state index contributed by atoms with van der Waals surface area (Å²) in [4.78, 5) is 12.7. The molecule has 0 heterocycles. The summed E-state index contributed by atoms with van der Waals surface area (Å²) >= 11 is 0. The Balaban J connectivity index is 4.11. The van der Waals surface area contributed by atoms with E-state index in [4.69, 9.17) is 5.11 Å². The molecule has 0 aliphatic carbocycles. The molecule has 13 heavy (non-hydrogen) atoms. The van der Waals surface area contributed by atoms with Crippen molar-refractivity contribution < 1.29 is 9.90 Å². The van der Waals surface area contributed by atoms with Gasteiger partial charge in [0.15, 0.2) is 0 Å². The molecular weight excluding hydrogens is 166 g/mol. The van der Waals surface area contributed by atoms with E-state index in [1.165, 1.54) is 0 Å². The summed E-state index contributed by atoms with van der Waals surface area (Å²) in [6.45, 7) is 9.56. The Bertz CT molecular complexity index is 197. The molecule has 0 spiro atoms. The van der Waals surface area contributed by atoms with E-state index in [-0.39, 0.29) is 0 Å². The molecule has 0 atom stereocenters. The van der Waals surface area contributed by atoms with Crippen LogP contribution in [0.1, 0.15) is 27.7 Å². The van der Waals surface area contributed by atoms with Crippen LogP contribution in [0.15, 0.2) is 11.6 Å². The number of carboxylic acids is 1. The summed E-state index contributed by atoms with van der Waals surface area (Å²) in [6, 6.07) is 0.461. The number of rotatable bonds is 5. The van der Waals surface area contributed by atoms with E-state index in [1.807, 2.05) is 0 Å². The highest BCUT2D eigenvalue weighted by Gasteiger charge is 2.05. The van der Waals surface area contributed by atoms with Crippen molar-refractivity contribution in [3.8, 4) is 0 Å². The maximum absolute atomic E-state index is 10.5. The molecular formula is C10H19NO2. The first-order valence-electron chi connectivity index (χ1n) is 4.63. The minimum atomic E-state index is -0.834. The van der Waals surface area contributed by atoms with Gasteiger partial charge >= 0.3 is 5.97 Å². The molecule has 0 aliphatic rings. The van der Waals surface area contributed by atoms with E-state index in [0.29, 0.717) is 18.2 Å². The molecule has 76 valence electrons. The molecule has 3 heteroatoms. The van der Waals surface area contributed by atoms with Crippen molar-refractivity contribution >= 4 is 5.97 Å².